The van der Waals surface area contributed by atoms with E-state index in [1.165, 1.54) is 12.3 Å². The number of carbonyl (C=O) groups is 3. The van der Waals surface area contributed by atoms with E-state index in [1.54, 1.807) is 85.8 Å². The van der Waals surface area contributed by atoms with Crippen molar-refractivity contribution in [1.29, 1.82) is 0 Å². The molecule has 2 heterocycles. The summed E-state index contributed by atoms with van der Waals surface area (Å²) >= 11 is 0. The summed E-state index contributed by atoms with van der Waals surface area (Å²) in [5, 5.41) is 2.70. The van der Waals surface area contributed by atoms with E-state index in [0.717, 1.165) is 5.56 Å². The van der Waals surface area contributed by atoms with Crippen molar-refractivity contribution < 1.29 is 28.0 Å². The molecule has 0 saturated carbocycles. The Morgan fingerprint density at radius 3 is 2.32 bits per heavy atom. The number of ketones is 1. The van der Waals surface area contributed by atoms with E-state index in [4.69, 9.17) is 13.6 Å². The lowest BCUT2D eigenvalue weighted by Gasteiger charge is -2.03. The molecule has 0 saturated heterocycles. The van der Waals surface area contributed by atoms with Gasteiger partial charge in [0.25, 0.3) is 5.91 Å². The molecule has 4 rings (SSSR count). The molecule has 0 radical (unpaired) electrons. The highest BCUT2D eigenvalue weighted by Gasteiger charge is 2.10. The summed E-state index contributed by atoms with van der Waals surface area (Å²) in [5.41, 5.74) is 2.28. The predicted octanol–water partition coefficient (Wildman–Crippen LogP) is 5.86. The highest BCUT2D eigenvalue weighted by atomic mass is 16.5. The molecule has 0 aliphatic rings. The average Bonchev–Trinajstić information content (AvgIpc) is 3.56. The van der Waals surface area contributed by atoms with Crippen molar-refractivity contribution in [2.45, 2.75) is 6.92 Å². The number of allylic oxidation sites excluding steroid dienone is 1. The van der Waals surface area contributed by atoms with Crippen LogP contribution in [0.2, 0.25) is 0 Å². The first-order chi connectivity index (χ1) is 16.5. The van der Waals surface area contributed by atoms with Crippen molar-refractivity contribution in [1.82, 2.24) is 0 Å². The Morgan fingerprint density at radius 1 is 0.912 bits per heavy atom. The lowest BCUT2D eigenvalue weighted by atomic mass is 10.1. The van der Waals surface area contributed by atoms with Gasteiger partial charge in [0.05, 0.1) is 18.4 Å². The van der Waals surface area contributed by atoms with Gasteiger partial charge in [-0.25, -0.2) is 4.79 Å². The van der Waals surface area contributed by atoms with Crippen molar-refractivity contribution in [2.24, 2.45) is 0 Å². The molecule has 34 heavy (non-hydrogen) atoms. The third-order valence-electron chi connectivity index (χ3n) is 4.88. The summed E-state index contributed by atoms with van der Waals surface area (Å²) in [6, 6.07) is 20.2. The number of amides is 1. The number of anilines is 1. The first-order valence-corrected chi connectivity index (χ1v) is 10.6. The standard InChI is InChI=1S/C27H21NO6/c1-2-32-27(31)20-7-5-19(6-8-20)24-16-14-22(34-24)13-15-23(29)18-9-11-21(12-10-18)28-26(30)25-4-3-17-33-25/h3-17H,2H2,1H3,(H,28,30)/b15-13+. The van der Waals surface area contributed by atoms with E-state index >= 15 is 0 Å². The minimum Gasteiger partial charge on any atom is -0.462 e. The summed E-state index contributed by atoms with van der Waals surface area (Å²) in [4.78, 5) is 36.3. The number of hydrogen-bond donors (Lipinski definition) is 1. The maximum absolute atomic E-state index is 12.5. The maximum atomic E-state index is 12.5. The first kappa shape index (κ1) is 22.5. The van der Waals surface area contributed by atoms with Gasteiger partial charge in [-0.15, -0.1) is 0 Å². The molecule has 2 aromatic carbocycles. The Balaban J connectivity index is 1.37. The molecule has 0 bridgehead atoms. The van der Waals surface area contributed by atoms with Gasteiger partial charge in [-0.2, -0.15) is 0 Å². The van der Waals surface area contributed by atoms with Crippen molar-refractivity contribution in [3.63, 3.8) is 0 Å². The summed E-state index contributed by atoms with van der Waals surface area (Å²) in [5.74, 6) is 0.382. The molecule has 170 valence electrons. The number of furan rings is 2. The Bertz CT molecular complexity index is 1310. The van der Waals surface area contributed by atoms with Gasteiger partial charge in [-0.05, 0) is 79.7 Å². The second-order valence-electron chi connectivity index (χ2n) is 7.21. The Kier molecular flexibility index (Phi) is 6.84. The highest BCUT2D eigenvalue weighted by Crippen LogP contribution is 2.24. The van der Waals surface area contributed by atoms with Crippen LogP contribution in [0.25, 0.3) is 17.4 Å². The number of hydrogen-bond acceptors (Lipinski definition) is 6. The van der Waals surface area contributed by atoms with Crippen LogP contribution in [0.4, 0.5) is 5.69 Å². The number of nitrogens with one attached hydrogen (secondary N) is 1. The minimum absolute atomic E-state index is 0.204. The van der Waals surface area contributed by atoms with E-state index in [-0.39, 0.29) is 23.4 Å². The molecule has 0 spiro atoms. The van der Waals surface area contributed by atoms with Crippen LogP contribution in [-0.4, -0.2) is 24.3 Å². The number of esters is 1. The van der Waals surface area contributed by atoms with E-state index in [1.807, 2.05) is 0 Å². The van der Waals surface area contributed by atoms with Gasteiger partial charge in [0.15, 0.2) is 11.5 Å². The lowest BCUT2D eigenvalue weighted by Crippen LogP contribution is -2.10. The van der Waals surface area contributed by atoms with Gasteiger partial charge in [0.2, 0.25) is 0 Å². The molecule has 7 heteroatoms. The quantitative estimate of drug-likeness (QED) is 0.203. The Morgan fingerprint density at radius 2 is 1.65 bits per heavy atom. The normalized spacial score (nSPS) is 10.9. The third-order valence-corrected chi connectivity index (χ3v) is 4.88. The van der Waals surface area contributed by atoms with Gasteiger partial charge in [-0.3, -0.25) is 9.59 Å². The fraction of sp³-hybridized carbons (Fsp3) is 0.0741. The van der Waals surface area contributed by atoms with Crippen LogP contribution in [-0.2, 0) is 4.74 Å². The van der Waals surface area contributed by atoms with Crippen molar-refractivity contribution in [3.8, 4) is 11.3 Å². The Hall–Kier alpha value is -4.65. The highest BCUT2D eigenvalue weighted by molar-refractivity contribution is 6.07. The summed E-state index contributed by atoms with van der Waals surface area (Å²) in [7, 11) is 0. The molecule has 0 atom stereocenters. The zero-order valence-corrected chi connectivity index (χ0v) is 18.3. The SMILES string of the molecule is CCOC(=O)c1ccc(-c2ccc(/C=C/C(=O)c3ccc(NC(=O)c4ccco4)cc3)o2)cc1. The number of ether oxygens (including phenoxy) is 1. The fourth-order valence-corrected chi connectivity index (χ4v) is 3.15. The van der Waals surface area contributed by atoms with E-state index in [0.29, 0.717) is 34.9 Å². The van der Waals surface area contributed by atoms with Crippen LogP contribution in [0.1, 0.15) is 44.0 Å². The lowest BCUT2D eigenvalue weighted by molar-refractivity contribution is 0.0526. The molecule has 1 amide bonds. The summed E-state index contributed by atoms with van der Waals surface area (Å²) < 4.78 is 15.8. The van der Waals surface area contributed by atoms with Gasteiger partial charge in [-0.1, -0.05) is 12.1 Å². The van der Waals surface area contributed by atoms with Crippen molar-refractivity contribution in [3.05, 3.63) is 108 Å². The molecule has 2 aromatic heterocycles. The summed E-state index contributed by atoms with van der Waals surface area (Å²) in [6.07, 6.45) is 4.43. The smallest absolute Gasteiger partial charge is 0.338 e. The molecule has 0 fully saturated rings. The van der Waals surface area contributed by atoms with Crippen LogP contribution in [0.3, 0.4) is 0 Å². The van der Waals surface area contributed by atoms with Gasteiger partial charge >= 0.3 is 5.97 Å². The zero-order valence-electron chi connectivity index (χ0n) is 18.3. The predicted molar refractivity (Wildman–Crippen MR) is 127 cm³/mol. The summed E-state index contributed by atoms with van der Waals surface area (Å²) in [6.45, 7) is 2.08. The van der Waals surface area contributed by atoms with Crippen LogP contribution in [0.5, 0.6) is 0 Å². The van der Waals surface area contributed by atoms with Crippen LogP contribution in [0.15, 0.2) is 94.0 Å². The monoisotopic (exact) mass is 455 g/mol. The second-order valence-corrected chi connectivity index (χ2v) is 7.21. The van der Waals surface area contributed by atoms with Crippen LogP contribution >= 0.6 is 0 Å². The molecule has 0 aliphatic carbocycles. The Labute approximate surface area is 195 Å². The van der Waals surface area contributed by atoms with E-state index in [9.17, 15) is 14.4 Å². The average molecular weight is 455 g/mol. The largest absolute Gasteiger partial charge is 0.462 e. The zero-order chi connectivity index (χ0) is 23.9. The molecule has 0 unspecified atom stereocenters. The topological polar surface area (TPSA) is 98.8 Å². The third kappa shape index (κ3) is 5.39. The number of rotatable bonds is 8. The molecule has 7 nitrogen and oxygen atoms in total. The number of carbonyl (C=O) groups excluding carboxylic acids is 3. The first-order valence-electron chi connectivity index (χ1n) is 10.6. The van der Waals surface area contributed by atoms with E-state index in [2.05, 4.69) is 5.32 Å². The maximum Gasteiger partial charge on any atom is 0.338 e. The van der Waals surface area contributed by atoms with Gasteiger partial charge in [0, 0.05) is 16.8 Å². The van der Waals surface area contributed by atoms with Crippen molar-refractivity contribution >= 4 is 29.4 Å². The van der Waals surface area contributed by atoms with E-state index < -0.39 is 0 Å². The van der Waals surface area contributed by atoms with Crippen molar-refractivity contribution in [2.75, 3.05) is 11.9 Å². The number of benzene rings is 2. The molecular formula is C27H21NO6. The van der Waals surface area contributed by atoms with Gasteiger partial charge in [0.1, 0.15) is 11.5 Å². The molecule has 0 aliphatic heterocycles. The molecule has 1 N–H and O–H groups in total. The van der Waals surface area contributed by atoms with Gasteiger partial charge < -0.3 is 18.9 Å². The molecule has 4 aromatic rings. The second kappa shape index (κ2) is 10.3. The minimum atomic E-state index is -0.372. The van der Waals surface area contributed by atoms with Crippen LogP contribution in [0, 0.1) is 0 Å². The van der Waals surface area contributed by atoms with Crippen LogP contribution < -0.4 is 5.32 Å². The fourth-order valence-electron chi connectivity index (χ4n) is 3.15. The molecular weight excluding hydrogens is 434 g/mol.